The minimum atomic E-state index is -3.69. The second-order valence-electron chi connectivity index (χ2n) is 8.89. The summed E-state index contributed by atoms with van der Waals surface area (Å²) in [6.07, 6.45) is 5.39. The van der Waals surface area contributed by atoms with Crippen LogP contribution < -0.4 is 10.0 Å². The van der Waals surface area contributed by atoms with Crippen molar-refractivity contribution in [3.63, 3.8) is 0 Å². The Balaban J connectivity index is 1.40. The first-order valence-electron chi connectivity index (χ1n) is 11.7. The standard InChI is InChI=1S/C23H37N3O5S/c1-18-6-5-7-20(16-18)32(29,30)25-21-9-8-19(31-22(21)17-27)10-12-24-23(28)11-15-26-13-3-2-4-14-26/h5-7,16,19,21-22,25,27H,2-4,8-15,17H2,1H3,(H,24,28)/t19-,21+,22-/m0/s1. The molecule has 2 aliphatic heterocycles. The van der Waals surface area contributed by atoms with Crippen molar-refractivity contribution < 1.29 is 23.1 Å². The molecule has 8 nitrogen and oxygen atoms in total. The molecule has 1 aromatic rings. The lowest BCUT2D eigenvalue weighted by molar-refractivity contribution is -0.122. The minimum Gasteiger partial charge on any atom is -0.394 e. The zero-order valence-corrected chi connectivity index (χ0v) is 19.8. The molecule has 180 valence electrons. The van der Waals surface area contributed by atoms with Crippen LogP contribution in [0.2, 0.25) is 0 Å². The normalized spacial score (nSPS) is 24.9. The van der Waals surface area contributed by atoms with Crippen LogP contribution >= 0.6 is 0 Å². The number of benzene rings is 1. The van der Waals surface area contributed by atoms with Gasteiger partial charge in [0.05, 0.1) is 29.8 Å². The van der Waals surface area contributed by atoms with E-state index in [-0.39, 0.29) is 23.5 Å². The van der Waals surface area contributed by atoms with E-state index in [2.05, 4.69) is 14.9 Å². The van der Waals surface area contributed by atoms with Crippen LogP contribution in [0.25, 0.3) is 0 Å². The molecule has 32 heavy (non-hydrogen) atoms. The number of nitrogens with zero attached hydrogens (tertiary/aromatic N) is 1. The maximum Gasteiger partial charge on any atom is 0.240 e. The fourth-order valence-electron chi connectivity index (χ4n) is 4.43. The maximum atomic E-state index is 12.7. The molecular formula is C23H37N3O5S. The summed E-state index contributed by atoms with van der Waals surface area (Å²) in [6, 6.07) is 6.25. The molecule has 3 rings (SSSR count). The molecule has 2 aliphatic rings. The van der Waals surface area contributed by atoms with Gasteiger partial charge in [0.15, 0.2) is 0 Å². The molecule has 0 unspecified atom stereocenters. The van der Waals surface area contributed by atoms with E-state index in [0.29, 0.717) is 32.2 Å². The Morgan fingerprint density at radius 2 is 2.00 bits per heavy atom. The molecule has 1 aromatic carbocycles. The monoisotopic (exact) mass is 467 g/mol. The van der Waals surface area contributed by atoms with Crippen molar-refractivity contribution in [2.45, 2.75) is 75.0 Å². The average Bonchev–Trinajstić information content (AvgIpc) is 2.79. The summed E-state index contributed by atoms with van der Waals surface area (Å²) in [4.78, 5) is 14.7. The van der Waals surface area contributed by atoms with Gasteiger partial charge in [-0.15, -0.1) is 0 Å². The Labute approximate surface area is 191 Å². The molecule has 0 aromatic heterocycles. The highest BCUT2D eigenvalue weighted by atomic mass is 32.2. The zero-order valence-electron chi connectivity index (χ0n) is 19.0. The summed E-state index contributed by atoms with van der Waals surface area (Å²) in [5.41, 5.74) is 0.865. The van der Waals surface area contributed by atoms with Gasteiger partial charge in [-0.1, -0.05) is 18.6 Å². The van der Waals surface area contributed by atoms with Gasteiger partial charge in [0.1, 0.15) is 0 Å². The molecule has 2 saturated heterocycles. The van der Waals surface area contributed by atoms with Crippen molar-refractivity contribution in [3.8, 4) is 0 Å². The first-order valence-corrected chi connectivity index (χ1v) is 13.2. The van der Waals surface area contributed by atoms with Crippen molar-refractivity contribution in [2.24, 2.45) is 0 Å². The highest BCUT2D eigenvalue weighted by Gasteiger charge is 2.33. The molecule has 0 spiro atoms. The first-order chi connectivity index (χ1) is 15.4. The number of hydrogen-bond acceptors (Lipinski definition) is 6. The van der Waals surface area contributed by atoms with Gasteiger partial charge in [-0.05, 0) is 69.8 Å². The van der Waals surface area contributed by atoms with Gasteiger partial charge < -0.3 is 20.1 Å². The lowest BCUT2D eigenvalue weighted by Gasteiger charge is -2.36. The third-order valence-electron chi connectivity index (χ3n) is 6.29. The maximum absolute atomic E-state index is 12.7. The summed E-state index contributed by atoms with van der Waals surface area (Å²) in [5, 5.41) is 12.7. The van der Waals surface area contributed by atoms with Crippen molar-refractivity contribution in [3.05, 3.63) is 29.8 Å². The van der Waals surface area contributed by atoms with Gasteiger partial charge in [0, 0.05) is 19.5 Å². The number of hydrogen-bond donors (Lipinski definition) is 3. The number of aliphatic hydroxyl groups excluding tert-OH is 1. The van der Waals surface area contributed by atoms with E-state index < -0.39 is 22.2 Å². The largest absolute Gasteiger partial charge is 0.394 e. The van der Waals surface area contributed by atoms with E-state index in [0.717, 1.165) is 25.2 Å². The number of sulfonamides is 1. The van der Waals surface area contributed by atoms with E-state index in [1.54, 1.807) is 18.2 Å². The topological polar surface area (TPSA) is 108 Å². The molecular weight excluding hydrogens is 430 g/mol. The van der Waals surface area contributed by atoms with Crippen LogP contribution in [0.5, 0.6) is 0 Å². The number of ether oxygens (including phenoxy) is 1. The predicted octanol–water partition coefficient (Wildman–Crippen LogP) is 1.56. The summed E-state index contributed by atoms with van der Waals surface area (Å²) < 4.78 is 34.1. The first kappa shape index (κ1) is 25.1. The molecule has 3 N–H and O–H groups in total. The number of piperidine rings is 1. The Morgan fingerprint density at radius 3 is 2.72 bits per heavy atom. The fourth-order valence-corrected chi connectivity index (χ4v) is 5.84. The van der Waals surface area contributed by atoms with Crippen LogP contribution in [0.4, 0.5) is 0 Å². The molecule has 0 aliphatic carbocycles. The average molecular weight is 468 g/mol. The Morgan fingerprint density at radius 1 is 1.22 bits per heavy atom. The van der Waals surface area contributed by atoms with Crippen LogP contribution in [0.3, 0.4) is 0 Å². The molecule has 0 radical (unpaired) electrons. The van der Waals surface area contributed by atoms with Crippen LogP contribution in [-0.2, 0) is 19.6 Å². The summed E-state index contributed by atoms with van der Waals surface area (Å²) in [6.45, 7) is 5.07. The molecule has 1 amide bonds. The summed E-state index contributed by atoms with van der Waals surface area (Å²) in [5.74, 6) is 0.0499. The molecule has 3 atom stereocenters. The third kappa shape index (κ3) is 7.52. The van der Waals surface area contributed by atoms with E-state index in [9.17, 15) is 18.3 Å². The Kier molecular flexibility index (Phi) is 9.48. The highest BCUT2D eigenvalue weighted by Crippen LogP contribution is 2.23. The van der Waals surface area contributed by atoms with Crippen LogP contribution in [0.1, 0.15) is 50.5 Å². The van der Waals surface area contributed by atoms with Gasteiger partial charge in [-0.25, -0.2) is 13.1 Å². The molecule has 9 heteroatoms. The lowest BCUT2D eigenvalue weighted by Crippen LogP contribution is -2.51. The van der Waals surface area contributed by atoms with E-state index in [1.165, 1.54) is 19.3 Å². The second-order valence-corrected chi connectivity index (χ2v) is 10.6. The fraction of sp³-hybridized carbons (Fsp3) is 0.696. The summed E-state index contributed by atoms with van der Waals surface area (Å²) >= 11 is 0. The number of amides is 1. The number of nitrogens with one attached hydrogen (secondary N) is 2. The van der Waals surface area contributed by atoms with Gasteiger partial charge in [-0.2, -0.15) is 0 Å². The number of aryl methyl sites for hydroxylation is 1. The molecule has 2 heterocycles. The SMILES string of the molecule is Cc1cccc(S(=O)(=O)N[C@@H]2CC[C@@H](CCNC(=O)CCN3CCCCC3)O[C@H]2CO)c1. The number of carbonyl (C=O) groups excluding carboxylic acids is 1. The third-order valence-corrected chi connectivity index (χ3v) is 7.78. The van der Waals surface area contributed by atoms with E-state index >= 15 is 0 Å². The lowest BCUT2D eigenvalue weighted by atomic mass is 9.98. The van der Waals surface area contributed by atoms with Crippen molar-refractivity contribution >= 4 is 15.9 Å². The number of rotatable bonds is 10. The van der Waals surface area contributed by atoms with Crippen LogP contribution in [-0.4, -0.2) is 75.4 Å². The summed E-state index contributed by atoms with van der Waals surface area (Å²) in [7, 11) is -3.69. The smallest absolute Gasteiger partial charge is 0.240 e. The van der Waals surface area contributed by atoms with Crippen molar-refractivity contribution in [2.75, 3.05) is 32.8 Å². The van der Waals surface area contributed by atoms with Gasteiger partial charge in [0.25, 0.3) is 0 Å². The van der Waals surface area contributed by atoms with Crippen LogP contribution in [0.15, 0.2) is 29.2 Å². The molecule has 0 bridgehead atoms. The number of likely N-dealkylation sites (tertiary alicyclic amines) is 1. The van der Waals surface area contributed by atoms with Gasteiger partial charge >= 0.3 is 0 Å². The predicted molar refractivity (Wildman–Crippen MR) is 123 cm³/mol. The van der Waals surface area contributed by atoms with E-state index in [4.69, 9.17) is 4.74 Å². The van der Waals surface area contributed by atoms with Crippen molar-refractivity contribution in [1.29, 1.82) is 0 Å². The minimum absolute atomic E-state index is 0.0499. The second kappa shape index (κ2) is 12.1. The Bertz CT molecular complexity index is 842. The van der Waals surface area contributed by atoms with Gasteiger partial charge in [-0.3, -0.25) is 4.79 Å². The van der Waals surface area contributed by atoms with Crippen molar-refractivity contribution in [1.82, 2.24) is 14.9 Å². The number of aliphatic hydroxyl groups is 1. The highest BCUT2D eigenvalue weighted by molar-refractivity contribution is 7.89. The molecule has 0 saturated carbocycles. The Hall–Kier alpha value is -1.52. The van der Waals surface area contributed by atoms with E-state index in [1.807, 2.05) is 13.0 Å². The quantitative estimate of drug-likeness (QED) is 0.482. The zero-order chi connectivity index (χ0) is 23.0. The number of carbonyl (C=O) groups is 1. The van der Waals surface area contributed by atoms with Crippen LogP contribution in [0, 0.1) is 6.92 Å². The molecule has 2 fully saturated rings. The van der Waals surface area contributed by atoms with Gasteiger partial charge in [0.2, 0.25) is 15.9 Å².